The average molecular weight is 248 g/mol. The molecule has 97 valence electrons. The summed E-state index contributed by atoms with van der Waals surface area (Å²) in [4.78, 5) is 17.8. The van der Waals surface area contributed by atoms with Crippen LogP contribution in [0.4, 0.5) is 5.82 Å². The quantitative estimate of drug-likeness (QED) is 0.828. The Labute approximate surface area is 107 Å². The second kappa shape index (κ2) is 5.82. The molecule has 0 saturated carbocycles. The molecular weight excluding hydrogens is 230 g/mol. The van der Waals surface area contributed by atoms with Crippen molar-refractivity contribution in [2.24, 2.45) is 0 Å². The van der Waals surface area contributed by atoms with E-state index in [9.17, 15) is 9.90 Å². The molecule has 1 saturated heterocycles. The van der Waals surface area contributed by atoms with Gasteiger partial charge in [0.1, 0.15) is 5.82 Å². The molecule has 5 heteroatoms. The highest BCUT2D eigenvalue weighted by atomic mass is 16.4. The Morgan fingerprint density at radius 2 is 2.28 bits per heavy atom. The summed E-state index contributed by atoms with van der Waals surface area (Å²) in [6, 6.07) is 3.64. The minimum Gasteiger partial charge on any atom is -0.481 e. The second-order valence-corrected chi connectivity index (χ2v) is 4.30. The van der Waals surface area contributed by atoms with Crippen molar-refractivity contribution in [3.63, 3.8) is 0 Å². The van der Waals surface area contributed by atoms with Crippen molar-refractivity contribution in [1.29, 1.82) is 0 Å². The Morgan fingerprint density at radius 1 is 1.56 bits per heavy atom. The van der Waals surface area contributed by atoms with E-state index in [1.54, 1.807) is 25.6 Å². The van der Waals surface area contributed by atoms with E-state index in [0.717, 1.165) is 37.6 Å². The molecule has 1 aliphatic rings. The van der Waals surface area contributed by atoms with Gasteiger partial charge >= 0.3 is 5.97 Å². The van der Waals surface area contributed by atoms with Crippen molar-refractivity contribution in [3.05, 3.63) is 30.3 Å². The van der Waals surface area contributed by atoms with Gasteiger partial charge in [0, 0.05) is 37.9 Å². The molecule has 1 radical (unpaired) electrons. The SMILES string of the molecule is C[CH]C(C(=O)O)c1cccnc1N1CCNCC1. The summed E-state index contributed by atoms with van der Waals surface area (Å²) in [6.07, 6.45) is 3.42. The van der Waals surface area contributed by atoms with Gasteiger partial charge in [0.25, 0.3) is 0 Å². The van der Waals surface area contributed by atoms with Crippen molar-refractivity contribution >= 4 is 11.8 Å². The molecule has 18 heavy (non-hydrogen) atoms. The number of carboxylic acids is 1. The van der Waals surface area contributed by atoms with Crippen LogP contribution in [0, 0.1) is 6.42 Å². The summed E-state index contributed by atoms with van der Waals surface area (Å²) in [7, 11) is 0. The van der Waals surface area contributed by atoms with Crippen LogP contribution in [-0.4, -0.2) is 42.2 Å². The number of anilines is 1. The van der Waals surface area contributed by atoms with E-state index < -0.39 is 11.9 Å². The molecule has 2 N–H and O–H groups in total. The van der Waals surface area contributed by atoms with Gasteiger partial charge in [-0.25, -0.2) is 4.98 Å². The third-order valence-electron chi connectivity index (χ3n) is 3.17. The maximum Gasteiger partial charge on any atom is 0.311 e. The first-order valence-corrected chi connectivity index (χ1v) is 6.17. The summed E-state index contributed by atoms with van der Waals surface area (Å²) in [6.45, 7) is 5.31. The summed E-state index contributed by atoms with van der Waals surface area (Å²) in [5, 5.41) is 12.5. The first-order valence-electron chi connectivity index (χ1n) is 6.17. The molecule has 1 aromatic heterocycles. The Morgan fingerprint density at radius 3 is 2.89 bits per heavy atom. The fraction of sp³-hybridized carbons (Fsp3) is 0.462. The first-order chi connectivity index (χ1) is 8.74. The fourth-order valence-electron chi connectivity index (χ4n) is 2.25. The molecule has 1 aliphatic heterocycles. The Bertz CT molecular complexity index is 416. The highest BCUT2D eigenvalue weighted by Gasteiger charge is 2.24. The lowest BCUT2D eigenvalue weighted by molar-refractivity contribution is -0.137. The number of aliphatic carboxylic acids is 1. The fourth-order valence-corrected chi connectivity index (χ4v) is 2.25. The highest BCUT2D eigenvalue weighted by molar-refractivity contribution is 5.80. The van der Waals surface area contributed by atoms with E-state index >= 15 is 0 Å². The Hall–Kier alpha value is -1.62. The zero-order valence-electron chi connectivity index (χ0n) is 10.5. The van der Waals surface area contributed by atoms with Crippen LogP contribution in [-0.2, 0) is 4.79 Å². The smallest absolute Gasteiger partial charge is 0.311 e. The van der Waals surface area contributed by atoms with E-state index in [2.05, 4.69) is 15.2 Å². The highest BCUT2D eigenvalue weighted by Crippen LogP contribution is 2.27. The molecule has 0 bridgehead atoms. The van der Waals surface area contributed by atoms with Gasteiger partial charge in [-0.05, 0) is 12.5 Å². The lowest BCUT2D eigenvalue weighted by Gasteiger charge is -2.30. The van der Waals surface area contributed by atoms with Crippen LogP contribution >= 0.6 is 0 Å². The van der Waals surface area contributed by atoms with Gasteiger partial charge in [-0.3, -0.25) is 4.79 Å². The molecule has 1 unspecified atom stereocenters. The van der Waals surface area contributed by atoms with E-state index in [0.29, 0.717) is 0 Å². The van der Waals surface area contributed by atoms with Crippen molar-refractivity contribution in [1.82, 2.24) is 10.3 Å². The molecule has 2 rings (SSSR count). The van der Waals surface area contributed by atoms with Crippen molar-refractivity contribution in [2.75, 3.05) is 31.1 Å². The van der Waals surface area contributed by atoms with Crippen LogP contribution < -0.4 is 10.2 Å². The summed E-state index contributed by atoms with van der Waals surface area (Å²) in [5.74, 6) is -0.630. The van der Waals surface area contributed by atoms with Crippen LogP contribution in [0.25, 0.3) is 0 Å². The molecule has 2 heterocycles. The van der Waals surface area contributed by atoms with Gasteiger partial charge in [-0.2, -0.15) is 0 Å². The van der Waals surface area contributed by atoms with Crippen LogP contribution in [0.5, 0.6) is 0 Å². The van der Waals surface area contributed by atoms with Gasteiger partial charge in [-0.15, -0.1) is 0 Å². The maximum atomic E-state index is 11.3. The van der Waals surface area contributed by atoms with Crippen molar-refractivity contribution in [2.45, 2.75) is 12.8 Å². The van der Waals surface area contributed by atoms with E-state index in [-0.39, 0.29) is 0 Å². The predicted molar refractivity (Wildman–Crippen MR) is 69.7 cm³/mol. The monoisotopic (exact) mass is 248 g/mol. The summed E-state index contributed by atoms with van der Waals surface area (Å²) < 4.78 is 0. The van der Waals surface area contributed by atoms with Crippen molar-refractivity contribution in [3.8, 4) is 0 Å². The number of pyridine rings is 1. The van der Waals surface area contributed by atoms with Crippen LogP contribution in [0.1, 0.15) is 18.4 Å². The molecular formula is C13H18N3O2. The zero-order chi connectivity index (χ0) is 13.0. The average Bonchev–Trinajstić information content (AvgIpc) is 2.41. The molecule has 0 spiro atoms. The predicted octanol–water partition coefficient (Wildman–Crippen LogP) is 0.884. The minimum absolute atomic E-state index is 0.594. The van der Waals surface area contributed by atoms with Gasteiger partial charge in [0.15, 0.2) is 0 Å². The number of hydrogen-bond acceptors (Lipinski definition) is 4. The molecule has 1 aromatic rings. The molecule has 0 aliphatic carbocycles. The normalized spacial score (nSPS) is 17.5. The van der Waals surface area contributed by atoms with Crippen molar-refractivity contribution < 1.29 is 9.90 Å². The number of piperazine rings is 1. The molecule has 1 fully saturated rings. The first kappa shape index (κ1) is 12.8. The van der Waals surface area contributed by atoms with Gasteiger partial charge in [-0.1, -0.05) is 13.0 Å². The maximum absolute atomic E-state index is 11.3. The van der Waals surface area contributed by atoms with E-state index in [1.165, 1.54) is 0 Å². The number of rotatable bonds is 4. The van der Waals surface area contributed by atoms with E-state index in [1.807, 2.05) is 6.07 Å². The largest absolute Gasteiger partial charge is 0.481 e. The Kier molecular flexibility index (Phi) is 4.15. The topological polar surface area (TPSA) is 65.5 Å². The van der Waals surface area contributed by atoms with Crippen LogP contribution in [0.2, 0.25) is 0 Å². The number of aromatic nitrogens is 1. The van der Waals surface area contributed by atoms with Gasteiger partial charge in [0.2, 0.25) is 0 Å². The van der Waals surface area contributed by atoms with Crippen LogP contribution in [0.15, 0.2) is 18.3 Å². The lowest BCUT2D eigenvalue weighted by Crippen LogP contribution is -2.44. The second-order valence-electron chi connectivity index (χ2n) is 4.30. The third-order valence-corrected chi connectivity index (χ3v) is 3.17. The number of nitrogens with one attached hydrogen (secondary N) is 1. The van der Waals surface area contributed by atoms with Gasteiger partial charge in [0.05, 0.1) is 5.92 Å². The molecule has 0 amide bonds. The number of nitrogens with zero attached hydrogens (tertiary/aromatic N) is 2. The minimum atomic E-state index is -0.832. The summed E-state index contributed by atoms with van der Waals surface area (Å²) >= 11 is 0. The third kappa shape index (κ3) is 2.61. The van der Waals surface area contributed by atoms with Crippen LogP contribution in [0.3, 0.4) is 0 Å². The number of carboxylic acid groups (broad SMARTS) is 1. The van der Waals surface area contributed by atoms with E-state index in [4.69, 9.17) is 0 Å². The molecule has 1 atom stereocenters. The molecule has 0 aromatic carbocycles. The zero-order valence-corrected chi connectivity index (χ0v) is 10.5. The Balaban J connectivity index is 2.31. The van der Waals surface area contributed by atoms with Gasteiger partial charge < -0.3 is 15.3 Å². The number of carbonyl (C=O) groups is 1. The molecule has 5 nitrogen and oxygen atoms in total. The standard InChI is InChI=1S/C13H18N3O2/c1-2-10(13(17)18)11-4-3-5-15-12(11)16-8-6-14-7-9-16/h2-5,10,14H,6-9H2,1H3,(H,17,18). The summed E-state index contributed by atoms with van der Waals surface area (Å²) in [5.41, 5.74) is 0.773. The lowest BCUT2D eigenvalue weighted by atomic mass is 9.96. The number of hydrogen-bond donors (Lipinski definition) is 2.